The highest BCUT2D eigenvalue weighted by Gasteiger charge is 2.68. The van der Waals surface area contributed by atoms with E-state index in [0.29, 0.717) is 36.2 Å². The number of hydrogen-bond acceptors (Lipinski definition) is 5. The highest BCUT2D eigenvalue weighted by Crippen LogP contribution is 2.64. The SMILES string of the molecule is CC[C@H]1CC(=O)[C@@H]2Oc3c(O)ccc4c3[C@@]23CCN(CC2CCCO2)[C@H](C4)[C@H]13.Cl. The van der Waals surface area contributed by atoms with Gasteiger partial charge in [-0.3, -0.25) is 9.69 Å². The summed E-state index contributed by atoms with van der Waals surface area (Å²) in [4.78, 5) is 15.8. The van der Waals surface area contributed by atoms with Gasteiger partial charge in [0.05, 0.1) is 6.10 Å². The van der Waals surface area contributed by atoms with Gasteiger partial charge in [-0.25, -0.2) is 0 Å². The maximum absolute atomic E-state index is 13.1. The Morgan fingerprint density at radius 3 is 2.93 bits per heavy atom. The molecule has 2 bridgehead atoms. The summed E-state index contributed by atoms with van der Waals surface area (Å²) in [7, 11) is 0. The van der Waals surface area contributed by atoms with Crippen LogP contribution >= 0.6 is 12.4 Å². The molecular weight excluding hydrogens is 390 g/mol. The first kappa shape index (κ1) is 19.7. The monoisotopic (exact) mass is 419 g/mol. The molecule has 6 rings (SSSR count). The molecule has 1 unspecified atom stereocenters. The molecule has 1 spiro atoms. The smallest absolute Gasteiger partial charge is 0.174 e. The van der Waals surface area contributed by atoms with E-state index in [-0.39, 0.29) is 29.4 Å². The van der Waals surface area contributed by atoms with E-state index in [9.17, 15) is 9.90 Å². The largest absolute Gasteiger partial charge is 0.504 e. The third-order valence-electron chi connectivity index (χ3n) is 8.36. The lowest BCUT2D eigenvalue weighted by Crippen LogP contribution is -2.68. The molecular formula is C23H30ClNO4. The molecule has 2 saturated heterocycles. The van der Waals surface area contributed by atoms with Gasteiger partial charge in [-0.15, -0.1) is 12.4 Å². The van der Waals surface area contributed by atoms with Crippen LogP contribution in [0.5, 0.6) is 11.5 Å². The summed E-state index contributed by atoms with van der Waals surface area (Å²) in [6, 6.07) is 4.26. The van der Waals surface area contributed by atoms with Crippen molar-refractivity contribution in [3.05, 3.63) is 23.3 Å². The third kappa shape index (κ3) is 2.50. The molecule has 1 saturated carbocycles. The number of nitrogens with zero attached hydrogens (tertiary/aromatic N) is 1. The number of likely N-dealkylation sites (tertiary alicyclic amines) is 1. The van der Waals surface area contributed by atoms with Gasteiger partial charge in [-0.05, 0) is 55.7 Å². The number of benzene rings is 1. The summed E-state index contributed by atoms with van der Waals surface area (Å²) in [5.74, 6) is 1.85. The van der Waals surface area contributed by atoms with Gasteiger partial charge in [-0.2, -0.15) is 0 Å². The Kier molecular flexibility index (Phi) is 4.65. The van der Waals surface area contributed by atoms with Crippen molar-refractivity contribution in [2.24, 2.45) is 11.8 Å². The molecule has 29 heavy (non-hydrogen) atoms. The fourth-order valence-corrected chi connectivity index (χ4v) is 7.33. The van der Waals surface area contributed by atoms with Crippen molar-refractivity contribution in [2.45, 2.75) is 69.1 Å². The number of ether oxygens (including phenoxy) is 2. The van der Waals surface area contributed by atoms with Crippen LogP contribution < -0.4 is 4.74 Å². The predicted molar refractivity (Wildman–Crippen MR) is 111 cm³/mol. The van der Waals surface area contributed by atoms with E-state index in [1.165, 1.54) is 17.5 Å². The van der Waals surface area contributed by atoms with Gasteiger partial charge in [0.25, 0.3) is 0 Å². The van der Waals surface area contributed by atoms with E-state index in [0.717, 1.165) is 45.4 Å². The Labute approximate surface area is 178 Å². The average Bonchev–Trinajstić information content (AvgIpc) is 3.32. The number of Topliss-reactive ketones (excluding diaryl/α,β-unsaturated/α-hetero) is 1. The second-order valence-corrected chi connectivity index (χ2v) is 9.50. The zero-order valence-corrected chi connectivity index (χ0v) is 17.7. The quantitative estimate of drug-likeness (QED) is 0.815. The Hall–Kier alpha value is -1.30. The van der Waals surface area contributed by atoms with E-state index >= 15 is 0 Å². The summed E-state index contributed by atoms with van der Waals surface area (Å²) in [5, 5.41) is 10.5. The van der Waals surface area contributed by atoms with Crippen LogP contribution in [0.15, 0.2) is 12.1 Å². The number of halogens is 1. The van der Waals surface area contributed by atoms with Crippen molar-refractivity contribution < 1.29 is 19.4 Å². The molecule has 158 valence electrons. The normalized spacial score (nSPS) is 39.6. The summed E-state index contributed by atoms with van der Waals surface area (Å²) >= 11 is 0. The topological polar surface area (TPSA) is 59.0 Å². The first-order valence-corrected chi connectivity index (χ1v) is 11.0. The number of hydrogen-bond donors (Lipinski definition) is 1. The molecule has 1 aromatic carbocycles. The summed E-state index contributed by atoms with van der Waals surface area (Å²) in [6.45, 7) is 5.11. The highest BCUT2D eigenvalue weighted by molar-refractivity contribution is 5.89. The summed E-state index contributed by atoms with van der Waals surface area (Å²) in [5.41, 5.74) is 2.20. The van der Waals surface area contributed by atoms with Gasteiger partial charge in [0, 0.05) is 36.6 Å². The van der Waals surface area contributed by atoms with Crippen LogP contribution in [0, 0.1) is 11.8 Å². The summed E-state index contributed by atoms with van der Waals surface area (Å²) < 4.78 is 12.2. The van der Waals surface area contributed by atoms with Crippen LogP contribution in [0.1, 0.15) is 50.2 Å². The van der Waals surface area contributed by atoms with Gasteiger partial charge >= 0.3 is 0 Å². The lowest BCUT2D eigenvalue weighted by molar-refractivity contribution is -0.146. The van der Waals surface area contributed by atoms with Gasteiger partial charge in [0.2, 0.25) is 0 Å². The molecule has 3 fully saturated rings. The van der Waals surface area contributed by atoms with Gasteiger partial charge in [-0.1, -0.05) is 19.4 Å². The highest BCUT2D eigenvalue weighted by atomic mass is 35.5. The second kappa shape index (κ2) is 6.86. The van der Waals surface area contributed by atoms with Crippen molar-refractivity contribution in [2.75, 3.05) is 19.7 Å². The number of aromatic hydroxyl groups is 1. The molecule has 5 aliphatic rings. The molecule has 3 heterocycles. The van der Waals surface area contributed by atoms with Crippen LogP contribution in [-0.4, -0.2) is 53.7 Å². The fraction of sp³-hybridized carbons (Fsp3) is 0.696. The third-order valence-corrected chi connectivity index (χ3v) is 8.36. The van der Waals surface area contributed by atoms with Crippen molar-refractivity contribution in [3.8, 4) is 11.5 Å². The first-order chi connectivity index (χ1) is 13.6. The number of rotatable bonds is 3. The first-order valence-electron chi connectivity index (χ1n) is 11.0. The number of carbonyl (C=O) groups excluding carboxylic acids is 1. The zero-order chi connectivity index (χ0) is 19.0. The standard InChI is InChI=1S/C23H29NO4.ClH/c1-2-13-11-18(26)22-23-7-8-24(12-15-4-3-9-27-15)16(19(13)23)10-14-5-6-17(25)21(28-22)20(14)23;/h5-6,13,15-16,19,22,25H,2-4,7-12H2,1H3;1H/t13-,15?,16+,19-,22-,23-;/m0./s1. The number of piperidine rings is 1. The molecule has 3 aliphatic heterocycles. The average molecular weight is 420 g/mol. The molecule has 0 amide bonds. The molecule has 0 aromatic heterocycles. The molecule has 2 aliphatic carbocycles. The Morgan fingerprint density at radius 2 is 2.17 bits per heavy atom. The van der Waals surface area contributed by atoms with Gasteiger partial charge in [0.15, 0.2) is 23.4 Å². The van der Waals surface area contributed by atoms with Crippen LogP contribution in [0.3, 0.4) is 0 Å². The van der Waals surface area contributed by atoms with E-state index < -0.39 is 6.10 Å². The number of phenolic OH excluding ortho intramolecular Hbond substituents is 1. The van der Waals surface area contributed by atoms with Crippen molar-refractivity contribution in [1.29, 1.82) is 0 Å². The Bertz CT molecular complexity index is 838. The summed E-state index contributed by atoms with van der Waals surface area (Å²) in [6.07, 6.45) is 5.85. The molecule has 5 nitrogen and oxygen atoms in total. The lowest BCUT2D eigenvalue weighted by atomic mass is 9.48. The van der Waals surface area contributed by atoms with E-state index in [2.05, 4.69) is 17.9 Å². The van der Waals surface area contributed by atoms with E-state index in [1.807, 2.05) is 0 Å². The Balaban J connectivity index is 0.00000181. The Morgan fingerprint density at radius 1 is 1.31 bits per heavy atom. The van der Waals surface area contributed by atoms with Crippen molar-refractivity contribution in [3.63, 3.8) is 0 Å². The van der Waals surface area contributed by atoms with Crippen LogP contribution in [-0.2, 0) is 21.4 Å². The van der Waals surface area contributed by atoms with Crippen LogP contribution in [0.25, 0.3) is 0 Å². The minimum absolute atomic E-state index is 0. The molecule has 1 aromatic rings. The molecule has 0 radical (unpaired) electrons. The van der Waals surface area contributed by atoms with Crippen molar-refractivity contribution in [1.82, 2.24) is 4.90 Å². The van der Waals surface area contributed by atoms with E-state index in [1.54, 1.807) is 6.07 Å². The maximum atomic E-state index is 13.1. The lowest BCUT2D eigenvalue weighted by Gasteiger charge is -2.60. The zero-order valence-electron chi connectivity index (χ0n) is 16.9. The number of carbonyl (C=O) groups is 1. The molecule has 6 atom stereocenters. The van der Waals surface area contributed by atoms with Gasteiger partial charge in [0.1, 0.15) is 0 Å². The van der Waals surface area contributed by atoms with Crippen LogP contribution in [0.2, 0.25) is 0 Å². The predicted octanol–water partition coefficient (Wildman–Crippen LogP) is 3.24. The fourth-order valence-electron chi connectivity index (χ4n) is 7.33. The minimum atomic E-state index is -0.407. The van der Waals surface area contributed by atoms with E-state index in [4.69, 9.17) is 9.47 Å². The molecule has 1 N–H and O–H groups in total. The minimum Gasteiger partial charge on any atom is -0.504 e. The maximum Gasteiger partial charge on any atom is 0.174 e. The van der Waals surface area contributed by atoms with Crippen LogP contribution in [0.4, 0.5) is 0 Å². The van der Waals surface area contributed by atoms with Crippen molar-refractivity contribution >= 4 is 18.2 Å². The van der Waals surface area contributed by atoms with Gasteiger partial charge < -0.3 is 14.6 Å². The number of ketones is 1. The molecule has 6 heteroatoms. The second-order valence-electron chi connectivity index (χ2n) is 9.50. The number of phenols is 1.